The van der Waals surface area contributed by atoms with Gasteiger partial charge in [-0.25, -0.2) is 4.99 Å². The van der Waals surface area contributed by atoms with E-state index in [1.807, 2.05) is 0 Å². The van der Waals surface area contributed by atoms with Gasteiger partial charge in [0.25, 0.3) is 0 Å². The highest BCUT2D eigenvalue weighted by atomic mass is 15.4. The second-order valence-electron chi connectivity index (χ2n) is 14.5. The van der Waals surface area contributed by atoms with Crippen molar-refractivity contribution < 1.29 is 0 Å². The van der Waals surface area contributed by atoms with Gasteiger partial charge in [-0.15, -0.1) is 0 Å². The number of fused-ring (bicyclic) bond motifs is 7. The van der Waals surface area contributed by atoms with Crippen molar-refractivity contribution in [2.24, 2.45) is 4.99 Å². The highest BCUT2D eigenvalue weighted by Gasteiger charge is 2.30. The van der Waals surface area contributed by atoms with Crippen molar-refractivity contribution in [1.29, 1.82) is 0 Å². The molecule has 0 saturated heterocycles. The van der Waals surface area contributed by atoms with Crippen LogP contribution in [0.4, 0.5) is 0 Å². The average Bonchev–Trinajstić information content (AvgIpc) is 3.80. The summed E-state index contributed by atoms with van der Waals surface area (Å²) in [6.45, 7) is 0. The molecule has 0 aliphatic carbocycles. The predicted molar refractivity (Wildman–Crippen MR) is 232 cm³/mol. The topological polar surface area (TPSA) is 46.3 Å². The summed E-state index contributed by atoms with van der Waals surface area (Å²) in [5.74, 6) is 0.845. The smallest absolute Gasteiger partial charge is 0.162 e. The van der Waals surface area contributed by atoms with Crippen LogP contribution >= 0.6 is 0 Å². The number of hydrogen-bond acceptors (Lipinski definition) is 3. The molecule has 0 bridgehead atoms. The first-order chi connectivity index (χ1) is 27.8. The number of nitrogens with zero attached hydrogens (tertiary/aromatic N) is 3. The van der Waals surface area contributed by atoms with E-state index in [0.29, 0.717) is 0 Å². The summed E-state index contributed by atoms with van der Waals surface area (Å²) in [5.41, 5.74) is 12.7. The fourth-order valence-corrected chi connectivity index (χ4v) is 8.58. The molecule has 266 valence electrons. The highest BCUT2D eigenvalue weighted by molar-refractivity contribution is 6.23. The molecule has 2 unspecified atom stereocenters. The van der Waals surface area contributed by atoms with Crippen LogP contribution in [0.25, 0.3) is 71.6 Å². The number of aliphatic imine (C=N–C) groups is 1. The molecule has 56 heavy (non-hydrogen) atoms. The van der Waals surface area contributed by atoms with Crippen LogP contribution in [0.2, 0.25) is 0 Å². The van der Waals surface area contributed by atoms with Gasteiger partial charge in [0, 0.05) is 32.8 Å². The predicted octanol–water partition coefficient (Wildman–Crippen LogP) is 12.0. The van der Waals surface area contributed by atoms with Gasteiger partial charge < -0.3 is 14.5 Å². The Kier molecular flexibility index (Phi) is 7.64. The summed E-state index contributed by atoms with van der Waals surface area (Å²) in [6, 6.07) is 71.5. The molecule has 0 spiro atoms. The Bertz CT molecular complexity index is 3050. The van der Waals surface area contributed by atoms with E-state index in [9.17, 15) is 0 Å². The zero-order chi connectivity index (χ0) is 37.0. The second kappa shape index (κ2) is 13.3. The minimum absolute atomic E-state index is 0.280. The molecule has 5 nitrogen and oxygen atoms in total. The van der Waals surface area contributed by atoms with Crippen molar-refractivity contribution in [1.82, 2.24) is 19.8 Å². The van der Waals surface area contributed by atoms with Gasteiger partial charge in [0.15, 0.2) is 6.29 Å². The lowest BCUT2D eigenvalue weighted by atomic mass is 10.0. The summed E-state index contributed by atoms with van der Waals surface area (Å²) in [7, 11) is 0. The van der Waals surface area contributed by atoms with Gasteiger partial charge in [0.1, 0.15) is 12.0 Å². The van der Waals surface area contributed by atoms with Gasteiger partial charge >= 0.3 is 0 Å². The summed E-state index contributed by atoms with van der Waals surface area (Å²) < 4.78 is 4.91. The quantitative estimate of drug-likeness (QED) is 0.180. The Morgan fingerprint density at radius 3 is 1.52 bits per heavy atom. The van der Waals surface area contributed by atoms with Gasteiger partial charge in [-0.1, -0.05) is 176 Å². The second-order valence-corrected chi connectivity index (χ2v) is 14.5. The maximum absolute atomic E-state index is 5.32. The van der Waals surface area contributed by atoms with E-state index >= 15 is 0 Å². The van der Waals surface area contributed by atoms with Crippen LogP contribution < -0.4 is 10.6 Å². The molecule has 2 N–H and O–H groups in total. The number of amidine groups is 1. The summed E-state index contributed by atoms with van der Waals surface area (Å²) in [5, 5.41) is 12.7. The number of nitrogens with one attached hydrogen (secondary N) is 2. The molecule has 0 amide bonds. The summed E-state index contributed by atoms with van der Waals surface area (Å²) >= 11 is 0. The molecule has 3 heterocycles. The highest BCUT2D eigenvalue weighted by Crippen LogP contribution is 2.42. The Hall–Kier alpha value is -7.21. The first-order valence-corrected chi connectivity index (χ1v) is 19.2. The van der Waals surface area contributed by atoms with Crippen LogP contribution in [-0.2, 0) is 0 Å². The summed E-state index contributed by atoms with van der Waals surface area (Å²) in [6.07, 6.45) is -0.612. The normalized spacial score (nSPS) is 15.7. The maximum atomic E-state index is 5.32. The van der Waals surface area contributed by atoms with Crippen LogP contribution in [0.3, 0.4) is 0 Å². The first kappa shape index (κ1) is 32.2. The molecule has 2 aromatic heterocycles. The van der Waals surface area contributed by atoms with E-state index in [0.717, 1.165) is 33.7 Å². The van der Waals surface area contributed by atoms with Crippen LogP contribution in [0.1, 0.15) is 23.6 Å². The van der Waals surface area contributed by atoms with Crippen LogP contribution in [0, 0.1) is 0 Å². The molecule has 11 rings (SSSR count). The van der Waals surface area contributed by atoms with Crippen molar-refractivity contribution in [2.75, 3.05) is 0 Å². The fourth-order valence-electron chi connectivity index (χ4n) is 8.58. The van der Waals surface area contributed by atoms with E-state index in [2.05, 4.69) is 220 Å². The SMILES string of the molecule is c1ccc(-c2ccc(C3=NC(c4ccccc4)NC(n4c5ccccc5c5ccc6c7ccccc7n(-c7ccc(-c8ccccc8)cc7)c6c54)N3)cc2)cc1. The Morgan fingerprint density at radius 1 is 0.393 bits per heavy atom. The average molecular weight is 720 g/mol. The molecule has 10 aromatic rings. The molecular weight excluding hydrogens is 683 g/mol. The van der Waals surface area contributed by atoms with Crippen molar-refractivity contribution in [3.05, 3.63) is 211 Å². The Morgan fingerprint density at radius 2 is 0.875 bits per heavy atom. The number of rotatable bonds is 6. The molecule has 2 atom stereocenters. The number of benzene rings is 8. The molecule has 1 aliphatic rings. The number of para-hydroxylation sites is 2. The third-order valence-corrected chi connectivity index (χ3v) is 11.2. The van der Waals surface area contributed by atoms with E-state index in [1.165, 1.54) is 54.8 Å². The third-order valence-electron chi connectivity index (χ3n) is 11.2. The van der Waals surface area contributed by atoms with E-state index in [4.69, 9.17) is 4.99 Å². The van der Waals surface area contributed by atoms with Gasteiger partial charge in [0.2, 0.25) is 0 Å². The molecule has 5 heteroatoms. The maximum Gasteiger partial charge on any atom is 0.162 e. The van der Waals surface area contributed by atoms with Gasteiger partial charge in [0.05, 0.1) is 22.1 Å². The minimum atomic E-state index is -0.332. The zero-order valence-electron chi connectivity index (χ0n) is 30.5. The van der Waals surface area contributed by atoms with E-state index in [1.54, 1.807) is 0 Å². The lowest BCUT2D eigenvalue weighted by molar-refractivity contribution is 0.330. The van der Waals surface area contributed by atoms with Crippen LogP contribution in [0.15, 0.2) is 205 Å². The fraction of sp³-hybridized carbons (Fsp3) is 0.0392. The van der Waals surface area contributed by atoms with Crippen LogP contribution in [0.5, 0.6) is 0 Å². The third kappa shape index (κ3) is 5.32. The molecule has 8 aromatic carbocycles. The van der Waals surface area contributed by atoms with Gasteiger partial charge in [-0.05, 0) is 52.1 Å². The van der Waals surface area contributed by atoms with Crippen LogP contribution in [-0.4, -0.2) is 15.0 Å². The molecule has 1 aliphatic heterocycles. The largest absolute Gasteiger partial charge is 0.337 e. The van der Waals surface area contributed by atoms with Gasteiger partial charge in [-0.2, -0.15) is 0 Å². The summed E-state index contributed by atoms with van der Waals surface area (Å²) in [4.78, 5) is 5.32. The van der Waals surface area contributed by atoms with Crippen molar-refractivity contribution in [3.63, 3.8) is 0 Å². The Labute approximate surface area is 324 Å². The minimum Gasteiger partial charge on any atom is -0.337 e. The molecule has 0 saturated carbocycles. The monoisotopic (exact) mass is 719 g/mol. The first-order valence-electron chi connectivity index (χ1n) is 19.2. The lowest BCUT2D eigenvalue weighted by Gasteiger charge is -2.33. The lowest BCUT2D eigenvalue weighted by Crippen LogP contribution is -2.47. The molecule has 0 radical (unpaired) electrons. The van der Waals surface area contributed by atoms with Gasteiger partial charge in [-0.3, -0.25) is 5.32 Å². The van der Waals surface area contributed by atoms with Crippen molar-refractivity contribution in [2.45, 2.75) is 12.5 Å². The molecular formula is C51H37N5. The molecule has 0 fully saturated rings. The van der Waals surface area contributed by atoms with Crippen molar-refractivity contribution >= 4 is 49.4 Å². The standard InChI is InChI=1S/C51H37N5/c1-4-14-34(15-5-1)36-24-26-39(27-25-36)50-52-49(38-18-8-3-9-19-38)53-51(54-50)56-46-23-13-11-21-42(46)44-33-32-43-41-20-10-12-22-45(41)55(47(43)48(44)56)40-30-28-37(29-31-40)35-16-6-2-7-17-35/h1-33,49,51,53H,(H,52,54). The van der Waals surface area contributed by atoms with E-state index < -0.39 is 0 Å². The number of hydrogen-bond donors (Lipinski definition) is 2. The Balaban J connectivity index is 1.13. The van der Waals surface area contributed by atoms with Crippen molar-refractivity contribution in [3.8, 4) is 27.9 Å². The van der Waals surface area contributed by atoms with E-state index in [-0.39, 0.29) is 12.5 Å². The zero-order valence-corrected chi connectivity index (χ0v) is 30.5. The number of aromatic nitrogens is 2.